The lowest BCUT2D eigenvalue weighted by molar-refractivity contribution is -0.137. The lowest BCUT2D eigenvalue weighted by Crippen LogP contribution is -2.53. The number of hydrogen-bond donors (Lipinski definition) is 1. The van der Waals surface area contributed by atoms with Crippen molar-refractivity contribution in [2.75, 3.05) is 19.0 Å². The van der Waals surface area contributed by atoms with E-state index in [2.05, 4.69) is 50.2 Å². The molecule has 0 radical (unpaired) electrons. The fourth-order valence-corrected chi connectivity index (χ4v) is 8.34. The van der Waals surface area contributed by atoms with Crippen molar-refractivity contribution >= 4 is 11.5 Å². The second kappa shape index (κ2) is 7.08. The Kier molecular flexibility index (Phi) is 4.85. The Morgan fingerprint density at radius 3 is 2.40 bits per heavy atom. The van der Waals surface area contributed by atoms with E-state index >= 15 is 0 Å². The number of hydrogen-bond acceptors (Lipinski definition) is 3. The number of rotatable bonds is 2. The molecule has 1 N–H and O–H groups in total. The minimum Gasteiger partial charge on any atom is -0.390 e. The zero-order valence-corrected chi connectivity index (χ0v) is 19.2. The van der Waals surface area contributed by atoms with E-state index in [-0.39, 0.29) is 5.41 Å². The van der Waals surface area contributed by atoms with Crippen LogP contribution in [0.2, 0.25) is 0 Å². The zero-order chi connectivity index (χ0) is 21.3. The van der Waals surface area contributed by atoms with Crippen molar-refractivity contribution in [2.24, 2.45) is 35.0 Å². The largest absolute Gasteiger partial charge is 0.390 e. The van der Waals surface area contributed by atoms with Gasteiger partial charge in [0.25, 0.3) is 0 Å². The van der Waals surface area contributed by atoms with Gasteiger partial charge in [-0.3, -0.25) is 4.79 Å². The van der Waals surface area contributed by atoms with E-state index in [4.69, 9.17) is 0 Å². The summed E-state index contributed by atoms with van der Waals surface area (Å²) in [6, 6.07) is 9.17. The zero-order valence-electron chi connectivity index (χ0n) is 19.2. The third-order valence-corrected chi connectivity index (χ3v) is 9.78. The van der Waals surface area contributed by atoms with Crippen LogP contribution in [-0.2, 0) is 4.79 Å². The van der Waals surface area contributed by atoms with Crippen LogP contribution in [0.4, 0.5) is 5.69 Å². The molecule has 164 valence electrons. The summed E-state index contributed by atoms with van der Waals surface area (Å²) in [5, 5.41) is 10.8. The summed E-state index contributed by atoms with van der Waals surface area (Å²) in [6.45, 7) is 4.34. The highest BCUT2D eigenvalue weighted by Crippen LogP contribution is 2.65. The molecule has 1 aromatic carbocycles. The average Bonchev–Trinajstić information content (AvgIpc) is 3.01. The molecular formula is C27H39NO2. The molecule has 0 bridgehead atoms. The number of carbonyl (C=O) groups excluding carboxylic acids is 1. The molecule has 3 heteroatoms. The molecule has 1 aromatic rings. The predicted octanol–water partition coefficient (Wildman–Crippen LogP) is 5.42. The maximum atomic E-state index is 13.1. The van der Waals surface area contributed by atoms with Gasteiger partial charge in [-0.05, 0) is 105 Å². The number of benzene rings is 1. The lowest BCUT2D eigenvalue weighted by atomic mass is 9.46. The van der Waals surface area contributed by atoms with Gasteiger partial charge in [-0.25, -0.2) is 0 Å². The van der Waals surface area contributed by atoms with Crippen LogP contribution < -0.4 is 4.90 Å². The standard InChI is InChI=1S/C27H39NO2/c1-26(30)14-13-20-18(15-26)7-10-21-23-11-12-24(29)27(23,2)16-22(25(20)21)17-5-8-19(9-6-17)28(3)4/h5-6,8-9,18,20-23,25,30H,7,10-16H2,1-4H3/t18-,20-,21-,22+,23-,25+,26+,27-/m0/s1. The first-order chi connectivity index (χ1) is 14.2. The highest BCUT2D eigenvalue weighted by atomic mass is 16.3. The maximum Gasteiger partial charge on any atom is 0.139 e. The van der Waals surface area contributed by atoms with Crippen molar-refractivity contribution in [1.29, 1.82) is 0 Å². The second-order valence-corrected chi connectivity index (χ2v) is 11.8. The number of ketones is 1. The normalized spacial score (nSPS) is 45.4. The fourth-order valence-electron chi connectivity index (χ4n) is 8.34. The summed E-state index contributed by atoms with van der Waals surface area (Å²) < 4.78 is 0. The number of aliphatic hydroxyl groups is 1. The van der Waals surface area contributed by atoms with Crippen LogP contribution >= 0.6 is 0 Å². The minimum atomic E-state index is -0.483. The van der Waals surface area contributed by atoms with Crippen LogP contribution in [-0.4, -0.2) is 30.6 Å². The monoisotopic (exact) mass is 409 g/mol. The van der Waals surface area contributed by atoms with Crippen molar-refractivity contribution < 1.29 is 9.90 Å². The SMILES string of the molecule is CN(C)c1ccc([C@H]2C[C@]3(C)C(=O)CC[C@H]3[C@@H]3CC[C@H]4C[C@](C)(O)CC[C@@H]4[C@H]32)cc1. The third-order valence-electron chi connectivity index (χ3n) is 9.78. The minimum absolute atomic E-state index is 0.126. The average molecular weight is 410 g/mol. The molecule has 5 rings (SSSR count). The van der Waals surface area contributed by atoms with Crippen LogP contribution in [0.25, 0.3) is 0 Å². The molecule has 0 aromatic heterocycles. The van der Waals surface area contributed by atoms with Gasteiger partial charge in [0.15, 0.2) is 0 Å². The fraction of sp³-hybridized carbons (Fsp3) is 0.741. The van der Waals surface area contributed by atoms with Crippen LogP contribution in [0.5, 0.6) is 0 Å². The summed E-state index contributed by atoms with van der Waals surface area (Å²) >= 11 is 0. The molecular weight excluding hydrogens is 370 g/mol. The van der Waals surface area contributed by atoms with Crippen LogP contribution in [0, 0.1) is 35.0 Å². The van der Waals surface area contributed by atoms with Crippen molar-refractivity contribution in [3.05, 3.63) is 29.8 Å². The summed E-state index contributed by atoms with van der Waals surface area (Å²) in [6.07, 6.45) is 8.48. The molecule has 0 amide bonds. The Morgan fingerprint density at radius 2 is 1.70 bits per heavy atom. The van der Waals surface area contributed by atoms with E-state index in [1.54, 1.807) is 0 Å². The number of carbonyl (C=O) groups is 1. The molecule has 0 spiro atoms. The molecule has 8 atom stereocenters. The van der Waals surface area contributed by atoms with E-state index in [0.717, 1.165) is 38.5 Å². The Hall–Kier alpha value is -1.35. The van der Waals surface area contributed by atoms with Gasteiger partial charge in [0.2, 0.25) is 0 Å². The first kappa shape index (κ1) is 20.5. The van der Waals surface area contributed by atoms with Crippen molar-refractivity contribution in [3.63, 3.8) is 0 Å². The molecule has 0 heterocycles. The van der Waals surface area contributed by atoms with E-state index in [9.17, 15) is 9.90 Å². The summed E-state index contributed by atoms with van der Waals surface area (Å²) in [7, 11) is 4.18. The van der Waals surface area contributed by atoms with Gasteiger partial charge in [0.05, 0.1) is 5.60 Å². The molecule has 0 aliphatic heterocycles. The van der Waals surface area contributed by atoms with Gasteiger partial charge >= 0.3 is 0 Å². The highest BCUT2D eigenvalue weighted by molar-refractivity contribution is 5.87. The van der Waals surface area contributed by atoms with Crippen LogP contribution in [0.15, 0.2) is 24.3 Å². The maximum absolute atomic E-state index is 13.1. The van der Waals surface area contributed by atoms with Crippen LogP contribution in [0.3, 0.4) is 0 Å². The Balaban J connectivity index is 1.53. The van der Waals surface area contributed by atoms with Gasteiger partial charge in [-0.2, -0.15) is 0 Å². The van der Waals surface area contributed by atoms with Crippen molar-refractivity contribution in [2.45, 2.75) is 76.7 Å². The quantitative estimate of drug-likeness (QED) is 0.709. The van der Waals surface area contributed by atoms with Gasteiger partial charge < -0.3 is 10.0 Å². The van der Waals surface area contributed by atoms with Gasteiger partial charge in [-0.1, -0.05) is 19.1 Å². The number of Topliss-reactive ketones (excluding diaryl/α,β-unsaturated/α-hetero) is 1. The smallest absolute Gasteiger partial charge is 0.139 e. The molecule has 4 fully saturated rings. The molecule has 0 saturated heterocycles. The summed E-state index contributed by atoms with van der Waals surface area (Å²) in [5.74, 6) is 4.30. The molecule has 3 nitrogen and oxygen atoms in total. The Labute approximate surface area is 182 Å². The van der Waals surface area contributed by atoms with E-state index in [1.807, 2.05) is 6.92 Å². The van der Waals surface area contributed by atoms with E-state index < -0.39 is 5.60 Å². The van der Waals surface area contributed by atoms with Crippen LogP contribution in [0.1, 0.15) is 76.7 Å². The lowest BCUT2D eigenvalue weighted by Gasteiger charge is -2.58. The molecule has 4 aliphatic carbocycles. The van der Waals surface area contributed by atoms with Gasteiger partial charge in [0.1, 0.15) is 5.78 Å². The third kappa shape index (κ3) is 3.15. The first-order valence-corrected chi connectivity index (χ1v) is 12.2. The highest BCUT2D eigenvalue weighted by Gasteiger charge is 2.60. The van der Waals surface area contributed by atoms with Crippen molar-refractivity contribution in [1.82, 2.24) is 0 Å². The Bertz CT molecular complexity index is 813. The number of fused-ring (bicyclic) bond motifs is 5. The second-order valence-electron chi connectivity index (χ2n) is 11.8. The number of anilines is 1. The first-order valence-electron chi connectivity index (χ1n) is 12.2. The molecule has 4 saturated carbocycles. The van der Waals surface area contributed by atoms with E-state index in [0.29, 0.717) is 41.3 Å². The van der Waals surface area contributed by atoms with E-state index in [1.165, 1.54) is 24.1 Å². The summed E-state index contributed by atoms with van der Waals surface area (Å²) in [5.41, 5.74) is 2.07. The Morgan fingerprint density at radius 1 is 0.967 bits per heavy atom. The van der Waals surface area contributed by atoms with Gasteiger partial charge in [-0.15, -0.1) is 0 Å². The number of nitrogens with zero attached hydrogens (tertiary/aromatic N) is 1. The molecule has 30 heavy (non-hydrogen) atoms. The summed E-state index contributed by atoms with van der Waals surface area (Å²) in [4.78, 5) is 15.2. The predicted molar refractivity (Wildman–Crippen MR) is 122 cm³/mol. The molecule has 0 unspecified atom stereocenters. The topological polar surface area (TPSA) is 40.5 Å². The van der Waals surface area contributed by atoms with Gasteiger partial charge in [0, 0.05) is 31.6 Å². The molecule has 4 aliphatic rings. The van der Waals surface area contributed by atoms with Crippen molar-refractivity contribution in [3.8, 4) is 0 Å².